The Morgan fingerprint density at radius 1 is 1.06 bits per heavy atom. The fraction of sp³-hybridized carbons (Fsp3) is 0.467. The molecule has 35 heavy (non-hydrogen) atoms. The minimum absolute atomic E-state index is 0.0327. The van der Waals surface area contributed by atoms with Crippen molar-refractivity contribution >= 4 is 11.9 Å². The van der Waals surface area contributed by atoms with E-state index in [1.165, 1.54) is 11.1 Å². The molecule has 0 radical (unpaired) electrons. The lowest BCUT2D eigenvalue weighted by Gasteiger charge is -2.26. The number of terminal acetylenes is 1. The van der Waals surface area contributed by atoms with Gasteiger partial charge in [-0.05, 0) is 41.7 Å². The van der Waals surface area contributed by atoms with Crippen LogP contribution < -0.4 is 5.32 Å². The van der Waals surface area contributed by atoms with Gasteiger partial charge in [-0.2, -0.15) is 0 Å². The van der Waals surface area contributed by atoms with Crippen molar-refractivity contribution in [3.8, 4) is 12.3 Å². The van der Waals surface area contributed by atoms with E-state index in [0.717, 1.165) is 38.8 Å². The van der Waals surface area contributed by atoms with E-state index in [4.69, 9.17) is 11.2 Å². The van der Waals surface area contributed by atoms with Crippen LogP contribution >= 0.6 is 0 Å². The van der Waals surface area contributed by atoms with Crippen molar-refractivity contribution in [2.45, 2.75) is 72.1 Å². The van der Waals surface area contributed by atoms with Crippen LogP contribution in [0.15, 0.2) is 60.7 Å². The highest BCUT2D eigenvalue weighted by Crippen LogP contribution is 2.39. The molecule has 5 heteroatoms. The highest BCUT2D eigenvalue weighted by atomic mass is 16.5. The predicted octanol–water partition coefficient (Wildman–Crippen LogP) is 5.84. The number of esters is 1. The number of carboxylic acid groups (broad SMARTS) is 1. The molecule has 1 aliphatic carbocycles. The normalized spacial score (nSPS) is 17.3. The molecule has 0 aromatic heterocycles. The molecule has 0 unspecified atom stereocenters. The van der Waals surface area contributed by atoms with Crippen LogP contribution in [-0.4, -0.2) is 23.1 Å². The Bertz CT molecular complexity index is 904. The number of nitrogens with one attached hydrogen (secondary N) is 1. The first kappa shape index (κ1) is 28.1. The smallest absolute Gasteiger partial charge is 0.307 e. The number of carbonyl (C=O) groups is 2. The molecule has 1 fully saturated rings. The van der Waals surface area contributed by atoms with Gasteiger partial charge in [-0.3, -0.25) is 9.59 Å². The molecule has 3 rings (SSSR count). The van der Waals surface area contributed by atoms with E-state index in [0.29, 0.717) is 5.92 Å². The van der Waals surface area contributed by atoms with Crippen LogP contribution in [0.2, 0.25) is 0 Å². The number of aliphatic carboxylic acids is 1. The Labute approximate surface area is 210 Å². The van der Waals surface area contributed by atoms with E-state index < -0.39 is 23.3 Å². The molecular weight excluding hydrogens is 438 g/mol. The number of hydrogen-bond acceptors (Lipinski definition) is 4. The quantitative estimate of drug-likeness (QED) is 0.242. The van der Waals surface area contributed by atoms with Gasteiger partial charge >= 0.3 is 11.9 Å². The van der Waals surface area contributed by atoms with E-state index >= 15 is 0 Å². The van der Waals surface area contributed by atoms with Crippen LogP contribution in [0.5, 0.6) is 0 Å². The molecular formula is C30H39NO4. The van der Waals surface area contributed by atoms with Gasteiger partial charge in [0.15, 0.2) is 0 Å². The van der Waals surface area contributed by atoms with Crippen LogP contribution in [-0.2, 0) is 27.4 Å². The van der Waals surface area contributed by atoms with Crippen LogP contribution in [0.3, 0.4) is 0 Å². The van der Waals surface area contributed by atoms with E-state index in [9.17, 15) is 14.7 Å². The second kappa shape index (κ2) is 14.3. The van der Waals surface area contributed by atoms with Crippen molar-refractivity contribution in [1.29, 1.82) is 0 Å². The third-order valence-electron chi connectivity index (χ3n) is 6.09. The van der Waals surface area contributed by atoms with Crippen molar-refractivity contribution in [2.75, 3.05) is 0 Å². The van der Waals surface area contributed by atoms with Gasteiger partial charge < -0.3 is 15.2 Å². The molecule has 0 spiro atoms. The fourth-order valence-corrected chi connectivity index (χ4v) is 3.82. The second-order valence-electron chi connectivity index (χ2n) is 10.2. The first-order valence-electron chi connectivity index (χ1n) is 12.3. The Balaban J connectivity index is 0.000000256. The minimum Gasteiger partial charge on any atom is -0.481 e. The molecule has 0 heterocycles. The molecule has 2 N–H and O–H groups in total. The summed E-state index contributed by atoms with van der Waals surface area (Å²) in [4.78, 5) is 23.0. The molecule has 3 atom stereocenters. The molecule has 0 aliphatic heterocycles. The van der Waals surface area contributed by atoms with Crippen molar-refractivity contribution in [3.63, 3.8) is 0 Å². The van der Waals surface area contributed by atoms with Crippen molar-refractivity contribution in [1.82, 2.24) is 5.32 Å². The number of unbranched alkanes of at least 4 members (excludes halogenated alkanes) is 1. The third kappa shape index (κ3) is 11.2. The zero-order valence-electron chi connectivity index (χ0n) is 21.2. The van der Waals surface area contributed by atoms with E-state index in [1.54, 1.807) is 0 Å². The van der Waals surface area contributed by atoms with Crippen LogP contribution in [0.25, 0.3) is 0 Å². The second-order valence-corrected chi connectivity index (χ2v) is 10.2. The number of ether oxygens (including phenoxy) is 1. The molecule has 188 valence electrons. The maximum Gasteiger partial charge on any atom is 0.307 e. The molecule has 2 aromatic rings. The Kier molecular flexibility index (Phi) is 11.5. The first-order valence-corrected chi connectivity index (χ1v) is 12.3. The average molecular weight is 478 g/mol. The summed E-state index contributed by atoms with van der Waals surface area (Å²) in [7, 11) is 0. The summed E-state index contributed by atoms with van der Waals surface area (Å²) in [5.41, 5.74) is 2.20. The Morgan fingerprint density at radius 2 is 1.60 bits per heavy atom. The standard InChI is InChI=1S/C16H24O4.C14H15N/c1-5-6-7-8-11-9-13(11)20-14(17)10-12(15(18)19)16(2,3)4;1-3-7-13(8-4-1)11-15-12-14-9-5-2-6-10-14/h1,11-13H,6-10H2,2-4H3,(H,18,19);1-10,15H,11-12H2/t11-,12-,13-;/m1./s1. The number of carbonyl (C=O) groups excluding carboxylic acids is 1. The number of carboxylic acids is 1. The summed E-state index contributed by atoms with van der Waals surface area (Å²) in [6.45, 7) is 7.31. The monoisotopic (exact) mass is 477 g/mol. The third-order valence-corrected chi connectivity index (χ3v) is 6.09. The summed E-state index contributed by atoms with van der Waals surface area (Å²) in [6, 6.07) is 20.9. The van der Waals surface area contributed by atoms with Crippen LogP contribution in [0.4, 0.5) is 0 Å². The number of hydrogen-bond donors (Lipinski definition) is 2. The maximum absolute atomic E-state index is 11.8. The van der Waals surface area contributed by atoms with E-state index in [1.807, 2.05) is 32.9 Å². The van der Waals surface area contributed by atoms with Crippen molar-refractivity contribution in [3.05, 3.63) is 71.8 Å². The van der Waals surface area contributed by atoms with Gasteiger partial charge in [-0.15, -0.1) is 12.3 Å². The maximum atomic E-state index is 11.8. The van der Waals surface area contributed by atoms with Crippen molar-refractivity contribution in [2.24, 2.45) is 17.3 Å². The summed E-state index contributed by atoms with van der Waals surface area (Å²) in [6.07, 6.45) is 8.65. The molecule has 5 nitrogen and oxygen atoms in total. The summed E-state index contributed by atoms with van der Waals surface area (Å²) < 4.78 is 5.33. The molecule has 1 aliphatic rings. The lowest BCUT2D eigenvalue weighted by Crippen LogP contribution is -2.31. The van der Waals surface area contributed by atoms with E-state index in [2.05, 4.69) is 59.8 Å². The van der Waals surface area contributed by atoms with Gasteiger partial charge in [0.1, 0.15) is 6.10 Å². The summed E-state index contributed by atoms with van der Waals surface area (Å²) >= 11 is 0. The molecule has 0 amide bonds. The Hall–Kier alpha value is -3.10. The van der Waals surface area contributed by atoms with Crippen LogP contribution in [0, 0.1) is 29.6 Å². The topological polar surface area (TPSA) is 75.6 Å². The van der Waals surface area contributed by atoms with Crippen molar-refractivity contribution < 1.29 is 19.4 Å². The van der Waals surface area contributed by atoms with Gasteiger partial charge in [-0.25, -0.2) is 0 Å². The Morgan fingerprint density at radius 3 is 2.06 bits per heavy atom. The average Bonchev–Trinajstić information content (AvgIpc) is 3.56. The molecule has 0 saturated heterocycles. The molecule has 0 bridgehead atoms. The minimum atomic E-state index is -0.948. The zero-order chi connectivity index (χ0) is 25.7. The van der Waals surface area contributed by atoms with Gasteiger partial charge in [0, 0.05) is 19.5 Å². The van der Waals surface area contributed by atoms with Gasteiger partial charge in [0.2, 0.25) is 0 Å². The highest BCUT2D eigenvalue weighted by Gasteiger charge is 2.41. The largest absolute Gasteiger partial charge is 0.481 e. The highest BCUT2D eigenvalue weighted by molar-refractivity contribution is 5.79. The number of rotatable bonds is 11. The van der Waals surface area contributed by atoms with Crippen LogP contribution in [0.1, 0.15) is 64.0 Å². The SMILES string of the molecule is C#CCCC[C@@H]1C[C@H]1OC(=O)C[C@H](C(=O)O)C(C)(C)C.c1ccc(CNCc2ccccc2)cc1. The molecule has 1 saturated carbocycles. The molecule has 2 aromatic carbocycles. The lowest BCUT2D eigenvalue weighted by molar-refractivity contribution is -0.156. The zero-order valence-corrected chi connectivity index (χ0v) is 21.2. The van der Waals surface area contributed by atoms with Gasteiger partial charge in [-0.1, -0.05) is 81.4 Å². The van der Waals surface area contributed by atoms with Gasteiger partial charge in [0.05, 0.1) is 12.3 Å². The summed E-state index contributed by atoms with van der Waals surface area (Å²) in [5.74, 6) is 0.928. The predicted molar refractivity (Wildman–Crippen MR) is 139 cm³/mol. The van der Waals surface area contributed by atoms with Gasteiger partial charge in [0.25, 0.3) is 0 Å². The lowest BCUT2D eigenvalue weighted by atomic mass is 9.79. The van der Waals surface area contributed by atoms with E-state index in [-0.39, 0.29) is 12.5 Å². The fourth-order valence-electron chi connectivity index (χ4n) is 3.82. The summed E-state index contributed by atoms with van der Waals surface area (Å²) in [5, 5.41) is 12.6. The number of benzene rings is 2. The first-order chi connectivity index (χ1) is 16.7.